The smallest absolute Gasteiger partial charge is 0.340 e. The lowest BCUT2D eigenvalue weighted by Crippen LogP contribution is -2.24. The lowest BCUT2D eigenvalue weighted by molar-refractivity contribution is 0.0527. The maximum absolute atomic E-state index is 11.9. The van der Waals surface area contributed by atoms with Crippen molar-refractivity contribution in [2.75, 3.05) is 18.5 Å². The molecule has 1 amide bonds. The molecule has 24 heavy (non-hydrogen) atoms. The molecular weight excluding hydrogens is 308 g/mol. The molecule has 0 spiro atoms. The van der Waals surface area contributed by atoms with Crippen molar-refractivity contribution < 1.29 is 14.3 Å². The van der Waals surface area contributed by atoms with E-state index in [-0.39, 0.29) is 11.6 Å². The highest BCUT2D eigenvalue weighted by Gasteiger charge is 2.13. The highest BCUT2D eigenvalue weighted by molar-refractivity contribution is 5.96. The minimum Gasteiger partial charge on any atom is -0.462 e. The predicted molar refractivity (Wildman–Crippen MR) is 90.2 cm³/mol. The molecule has 0 aliphatic rings. The third kappa shape index (κ3) is 4.39. The molecule has 0 aliphatic carbocycles. The van der Waals surface area contributed by atoms with Crippen LogP contribution in [0.2, 0.25) is 0 Å². The van der Waals surface area contributed by atoms with E-state index in [9.17, 15) is 9.59 Å². The number of hydrogen-bond donors (Lipinski definition) is 2. The molecule has 0 radical (unpaired) electrons. The van der Waals surface area contributed by atoms with Crippen LogP contribution in [0, 0.1) is 0 Å². The number of aromatic nitrogens is 2. The van der Waals surface area contributed by atoms with Gasteiger partial charge in [-0.1, -0.05) is 18.2 Å². The zero-order chi connectivity index (χ0) is 17.4. The molecule has 0 fully saturated rings. The number of anilines is 2. The molecular formula is C17H18N4O3. The first-order chi connectivity index (χ1) is 11.7. The van der Waals surface area contributed by atoms with Gasteiger partial charge in [-0.05, 0) is 19.1 Å². The van der Waals surface area contributed by atoms with E-state index in [1.54, 1.807) is 37.3 Å². The monoisotopic (exact) mass is 326 g/mol. The van der Waals surface area contributed by atoms with E-state index in [1.165, 1.54) is 12.4 Å². The van der Waals surface area contributed by atoms with Crippen LogP contribution in [-0.2, 0) is 4.74 Å². The van der Waals surface area contributed by atoms with Gasteiger partial charge in [0.25, 0.3) is 5.91 Å². The van der Waals surface area contributed by atoms with Gasteiger partial charge < -0.3 is 15.4 Å². The standard InChI is InChI=1S/C17H18N4O3/c1-3-9-18-16(22)14-10-20-15(11-19-14)21-13-8-6-5-7-12(13)17(23)24-4-2/h3,5-8,10-11H,1,4,9H2,2H3,(H,18,22)(H,20,21). The molecule has 1 aromatic heterocycles. The van der Waals surface area contributed by atoms with Crippen molar-refractivity contribution in [3.8, 4) is 0 Å². The number of nitrogens with zero attached hydrogens (tertiary/aromatic N) is 2. The normalized spacial score (nSPS) is 9.88. The summed E-state index contributed by atoms with van der Waals surface area (Å²) in [5, 5.41) is 5.61. The Labute approximate surface area is 139 Å². The van der Waals surface area contributed by atoms with Crippen molar-refractivity contribution in [2.45, 2.75) is 6.92 Å². The van der Waals surface area contributed by atoms with Gasteiger partial charge in [0.15, 0.2) is 0 Å². The summed E-state index contributed by atoms with van der Waals surface area (Å²) >= 11 is 0. The topological polar surface area (TPSA) is 93.2 Å². The summed E-state index contributed by atoms with van der Waals surface area (Å²) in [4.78, 5) is 31.9. The summed E-state index contributed by atoms with van der Waals surface area (Å²) in [6, 6.07) is 6.93. The number of carbonyl (C=O) groups is 2. The van der Waals surface area contributed by atoms with E-state index in [0.29, 0.717) is 30.2 Å². The maximum Gasteiger partial charge on any atom is 0.340 e. The summed E-state index contributed by atoms with van der Waals surface area (Å²) in [7, 11) is 0. The minimum atomic E-state index is -0.422. The zero-order valence-electron chi connectivity index (χ0n) is 13.3. The molecule has 1 aromatic carbocycles. The van der Waals surface area contributed by atoms with Gasteiger partial charge in [0.05, 0.1) is 30.3 Å². The average Bonchev–Trinajstić information content (AvgIpc) is 2.61. The van der Waals surface area contributed by atoms with E-state index < -0.39 is 5.97 Å². The largest absolute Gasteiger partial charge is 0.462 e. The van der Waals surface area contributed by atoms with Crippen molar-refractivity contribution in [1.29, 1.82) is 0 Å². The van der Waals surface area contributed by atoms with Crippen LogP contribution >= 0.6 is 0 Å². The van der Waals surface area contributed by atoms with Gasteiger partial charge in [-0.15, -0.1) is 6.58 Å². The van der Waals surface area contributed by atoms with Crippen molar-refractivity contribution in [2.24, 2.45) is 0 Å². The predicted octanol–water partition coefficient (Wildman–Crippen LogP) is 2.31. The Morgan fingerprint density at radius 1 is 1.25 bits per heavy atom. The number of carbonyl (C=O) groups excluding carboxylic acids is 2. The Morgan fingerprint density at radius 3 is 2.71 bits per heavy atom. The second-order valence-electron chi connectivity index (χ2n) is 4.68. The van der Waals surface area contributed by atoms with Crippen LogP contribution in [0.15, 0.2) is 49.3 Å². The van der Waals surface area contributed by atoms with Gasteiger partial charge in [-0.2, -0.15) is 0 Å². The molecule has 2 aromatic rings. The maximum atomic E-state index is 11.9. The second-order valence-corrected chi connectivity index (χ2v) is 4.68. The second kappa shape index (κ2) is 8.42. The quantitative estimate of drug-likeness (QED) is 0.599. The fourth-order valence-electron chi connectivity index (χ4n) is 1.88. The molecule has 0 aliphatic heterocycles. The van der Waals surface area contributed by atoms with E-state index in [4.69, 9.17) is 4.74 Å². The lowest BCUT2D eigenvalue weighted by atomic mass is 10.2. The molecule has 2 N–H and O–H groups in total. The van der Waals surface area contributed by atoms with Crippen molar-refractivity contribution >= 4 is 23.4 Å². The zero-order valence-corrected chi connectivity index (χ0v) is 13.3. The van der Waals surface area contributed by atoms with Crippen LogP contribution in [0.4, 0.5) is 11.5 Å². The summed E-state index contributed by atoms with van der Waals surface area (Å²) in [5.41, 5.74) is 1.14. The van der Waals surface area contributed by atoms with Crippen molar-refractivity contribution in [1.82, 2.24) is 15.3 Å². The fourth-order valence-corrected chi connectivity index (χ4v) is 1.88. The number of rotatable bonds is 7. The molecule has 0 unspecified atom stereocenters. The molecule has 0 atom stereocenters. The number of benzene rings is 1. The number of nitrogens with one attached hydrogen (secondary N) is 2. The van der Waals surface area contributed by atoms with Gasteiger partial charge in [-0.3, -0.25) is 4.79 Å². The van der Waals surface area contributed by atoms with Gasteiger partial charge in [-0.25, -0.2) is 14.8 Å². The summed E-state index contributed by atoms with van der Waals surface area (Å²) in [5.74, 6) is -0.345. The molecule has 0 saturated carbocycles. The molecule has 7 nitrogen and oxygen atoms in total. The number of amides is 1. The Hall–Kier alpha value is -3.22. The van der Waals surface area contributed by atoms with Gasteiger partial charge >= 0.3 is 5.97 Å². The molecule has 1 heterocycles. The SMILES string of the molecule is C=CCNC(=O)c1cnc(Nc2ccccc2C(=O)OCC)cn1. The number of esters is 1. The molecule has 124 valence electrons. The third-order valence-corrected chi connectivity index (χ3v) is 2.98. The van der Waals surface area contributed by atoms with E-state index in [1.807, 2.05) is 0 Å². The van der Waals surface area contributed by atoms with Crippen LogP contribution in [-0.4, -0.2) is 35.0 Å². The van der Waals surface area contributed by atoms with Crippen LogP contribution in [0.3, 0.4) is 0 Å². The third-order valence-electron chi connectivity index (χ3n) is 2.98. The summed E-state index contributed by atoms with van der Waals surface area (Å²) in [6.45, 7) is 5.92. The first kappa shape index (κ1) is 17.1. The Kier molecular flexibility index (Phi) is 6.01. The molecule has 7 heteroatoms. The van der Waals surface area contributed by atoms with Crippen LogP contribution < -0.4 is 10.6 Å². The summed E-state index contributed by atoms with van der Waals surface area (Å²) < 4.78 is 5.02. The van der Waals surface area contributed by atoms with Gasteiger partial charge in [0, 0.05) is 6.54 Å². The molecule has 0 bridgehead atoms. The number of ether oxygens (including phenoxy) is 1. The van der Waals surface area contributed by atoms with Crippen molar-refractivity contribution in [3.05, 3.63) is 60.6 Å². The lowest BCUT2D eigenvalue weighted by Gasteiger charge is -2.10. The van der Waals surface area contributed by atoms with E-state index in [0.717, 1.165) is 0 Å². The van der Waals surface area contributed by atoms with Crippen LogP contribution in [0.1, 0.15) is 27.8 Å². The highest BCUT2D eigenvalue weighted by Crippen LogP contribution is 2.20. The fraction of sp³-hybridized carbons (Fsp3) is 0.176. The van der Waals surface area contributed by atoms with E-state index >= 15 is 0 Å². The minimum absolute atomic E-state index is 0.195. The van der Waals surface area contributed by atoms with Gasteiger partial charge in [0.2, 0.25) is 0 Å². The first-order valence-corrected chi connectivity index (χ1v) is 7.40. The Bertz CT molecular complexity index is 729. The Balaban J connectivity index is 2.13. The molecule has 0 saturated heterocycles. The summed E-state index contributed by atoms with van der Waals surface area (Å²) in [6.07, 6.45) is 4.35. The average molecular weight is 326 g/mol. The van der Waals surface area contributed by atoms with Crippen molar-refractivity contribution in [3.63, 3.8) is 0 Å². The number of para-hydroxylation sites is 1. The molecule has 2 rings (SSSR count). The number of hydrogen-bond acceptors (Lipinski definition) is 6. The highest BCUT2D eigenvalue weighted by atomic mass is 16.5. The van der Waals surface area contributed by atoms with E-state index in [2.05, 4.69) is 27.2 Å². The van der Waals surface area contributed by atoms with Gasteiger partial charge in [0.1, 0.15) is 11.5 Å². The van der Waals surface area contributed by atoms with Crippen LogP contribution in [0.5, 0.6) is 0 Å². The first-order valence-electron chi connectivity index (χ1n) is 7.40. The Morgan fingerprint density at radius 2 is 2.04 bits per heavy atom. The van der Waals surface area contributed by atoms with Crippen LogP contribution in [0.25, 0.3) is 0 Å².